The number of carbonyl (C=O) groups is 1. The summed E-state index contributed by atoms with van der Waals surface area (Å²) >= 11 is 11.7. The SMILES string of the molecule is CCCCN(C)c1ccc(NS(=O)(=O)c2ccc(Cl)c(Cl)c2)cc1C(=O)O. The van der Waals surface area contributed by atoms with Crippen LogP contribution in [0.5, 0.6) is 0 Å². The minimum Gasteiger partial charge on any atom is -0.478 e. The van der Waals surface area contributed by atoms with E-state index in [1.807, 2.05) is 11.8 Å². The first kappa shape index (κ1) is 21.3. The second-order valence-corrected chi connectivity index (χ2v) is 8.49. The molecule has 2 N–H and O–H groups in total. The molecule has 0 atom stereocenters. The maximum absolute atomic E-state index is 12.5. The molecule has 0 saturated carbocycles. The summed E-state index contributed by atoms with van der Waals surface area (Å²) in [5.41, 5.74) is 0.683. The molecule has 0 aromatic heterocycles. The number of aromatic carboxylic acids is 1. The van der Waals surface area contributed by atoms with E-state index >= 15 is 0 Å². The molecule has 146 valence electrons. The Balaban J connectivity index is 2.34. The number of unbranched alkanes of at least 4 members (excludes halogenated alkanes) is 1. The number of halogens is 2. The molecule has 0 heterocycles. The standard InChI is InChI=1S/C18H20Cl2N2O4S/c1-3-4-9-22(2)17-8-5-12(10-14(17)18(23)24)21-27(25,26)13-6-7-15(19)16(20)11-13/h5-8,10-11,21H,3-4,9H2,1-2H3,(H,23,24). The second kappa shape index (κ2) is 8.82. The largest absolute Gasteiger partial charge is 0.478 e. The number of nitrogens with one attached hydrogen (secondary N) is 1. The number of carboxylic acid groups (broad SMARTS) is 1. The van der Waals surface area contributed by atoms with Gasteiger partial charge in [-0.15, -0.1) is 0 Å². The van der Waals surface area contributed by atoms with Crippen LogP contribution in [0.3, 0.4) is 0 Å². The topological polar surface area (TPSA) is 86.7 Å². The zero-order valence-electron chi connectivity index (χ0n) is 14.9. The summed E-state index contributed by atoms with van der Waals surface area (Å²) in [5, 5.41) is 9.86. The Labute approximate surface area is 168 Å². The third-order valence-electron chi connectivity index (χ3n) is 3.94. The molecule has 0 aliphatic rings. The Morgan fingerprint density at radius 3 is 2.44 bits per heavy atom. The van der Waals surface area contributed by atoms with Crippen molar-refractivity contribution in [2.75, 3.05) is 23.2 Å². The number of sulfonamides is 1. The lowest BCUT2D eigenvalue weighted by Crippen LogP contribution is -2.21. The zero-order chi connectivity index (χ0) is 20.2. The van der Waals surface area contributed by atoms with Gasteiger partial charge < -0.3 is 10.0 Å². The van der Waals surface area contributed by atoms with Gasteiger partial charge in [0.1, 0.15) is 0 Å². The van der Waals surface area contributed by atoms with E-state index in [2.05, 4.69) is 4.72 Å². The van der Waals surface area contributed by atoms with Crippen LogP contribution in [0.2, 0.25) is 10.0 Å². The van der Waals surface area contributed by atoms with E-state index in [4.69, 9.17) is 23.2 Å². The third-order valence-corrected chi connectivity index (χ3v) is 6.06. The van der Waals surface area contributed by atoms with Gasteiger partial charge in [0, 0.05) is 19.3 Å². The van der Waals surface area contributed by atoms with Crippen LogP contribution in [0.1, 0.15) is 30.1 Å². The number of rotatable bonds is 8. The molecular formula is C18H20Cl2N2O4S. The van der Waals surface area contributed by atoms with Crippen molar-refractivity contribution in [2.24, 2.45) is 0 Å². The zero-order valence-corrected chi connectivity index (χ0v) is 17.2. The third kappa shape index (κ3) is 5.28. The van der Waals surface area contributed by atoms with E-state index in [0.717, 1.165) is 12.8 Å². The van der Waals surface area contributed by atoms with Crippen LogP contribution >= 0.6 is 23.2 Å². The van der Waals surface area contributed by atoms with Gasteiger partial charge >= 0.3 is 5.97 Å². The van der Waals surface area contributed by atoms with E-state index in [1.54, 1.807) is 13.1 Å². The highest BCUT2D eigenvalue weighted by Gasteiger charge is 2.19. The summed E-state index contributed by atoms with van der Waals surface area (Å²) in [7, 11) is -2.14. The van der Waals surface area contributed by atoms with Gasteiger partial charge in [0.05, 0.1) is 26.2 Å². The summed E-state index contributed by atoms with van der Waals surface area (Å²) in [5.74, 6) is -1.14. The molecule has 0 bridgehead atoms. The Morgan fingerprint density at radius 1 is 1.15 bits per heavy atom. The van der Waals surface area contributed by atoms with Crippen molar-refractivity contribution in [3.63, 3.8) is 0 Å². The average molecular weight is 431 g/mol. The van der Waals surface area contributed by atoms with E-state index in [-0.39, 0.29) is 26.2 Å². The monoisotopic (exact) mass is 430 g/mol. The van der Waals surface area contributed by atoms with Crippen LogP contribution < -0.4 is 9.62 Å². The Bertz CT molecular complexity index is 948. The fourth-order valence-electron chi connectivity index (χ4n) is 2.48. The number of benzene rings is 2. The summed E-state index contributed by atoms with van der Waals surface area (Å²) in [6.45, 7) is 2.75. The van der Waals surface area contributed by atoms with Gasteiger partial charge in [-0.3, -0.25) is 4.72 Å². The second-order valence-electron chi connectivity index (χ2n) is 5.99. The lowest BCUT2D eigenvalue weighted by molar-refractivity contribution is 0.0697. The minimum absolute atomic E-state index is 0.0166. The molecule has 0 spiro atoms. The molecule has 0 aliphatic heterocycles. The van der Waals surface area contributed by atoms with Gasteiger partial charge in [0.15, 0.2) is 0 Å². The van der Waals surface area contributed by atoms with Crippen molar-refractivity contribution in [2.45, 2.75) is 24.7 Å². The molecule has 0 fully saturated rings. The number of anilines is 2. The molecular weight excluding hydrogens is 411 g/mol. The number of carboxylic acids is 1. The molecule has 9 heteroatoms. The van der Waals surface area contributed by atoms with Crippen LogP contribution in [0.25, 0.3) is 0 Å². The van der Waals surface area contributed by atoms with Gasteiger partial charge in [0.2, 0.25) is 0 Å². The van der Waals surface area contributed by atoms with E-state index < -0.39 is 16.0 Å². The van der Waals surface area contributed by atoms with Crippen LogP contribution in [-0.4, -0.2) is 33.1 Å². The van der Waals surface area contributed by atoms with Crippen molar-refractivity contribution in [3.8, 4) is 0 Å². The summed E-state index contributed by atoms with van der Waals surface area (Å²) in [4.78, 5) is 13.4. The van der Waals surface area contributed by atoms with Crippen molar-refractivity contribution < 1.29 is 18.3 Å². The molecule has 0 saturated heterocycles. The summed E-state index contributed by atoms with van der Waals surface area (Å²) < 4.78 is 27.4. The van der Waals surface area contributed by atoms with E-state index in [0.29, 0.717) is 12.2 Å². The van der Waals surface area contributed by atoms with Gasteiger partial charge in [-0.25, -0.2) is 13.2 Å². The first-order chi connectivity index (χ1) is 12.7. The Hall–Kier alpha value is -1.96. The first-order valence-electron chi connectivity index (χ1n) is 8.22. The summed E-state index contributed by atoms with van der Waals surface area (Å²) in [6.07, 6.45) is 1.90. The van der Waals surface area contributed by atoms with Gasteiger partial charge in [-0.1, -0.05) is 36.5 Å². The highest BCUT2D eigenvalue weighted by molar-refractivity contribution is 7.92. The van der Waals surface area contributed by atoms with Crippen molar-refractivity contribution in [1.82, 2.24) is 0 Å². The maximum Gasteiger partial charge on any atom is 0.337 e. The average Bonchev–Trinajstić information content (AvgIpc) is 2.61. The maximum atomic E-state index is 12.5. The molecule has 27 heavy (non-hydrogen) atoms. The minimum atomic E-state index is -3.94. The fraction of sp³-hybridized carbons (Fsp3) is 0.278. The predicted molar refractivity (Wildman–Crippen MR) is 109 cm³/mol. The number of hydrogen-bond donors (Lipinski definition) is 2. The van der Waals surface area contributed by atoms with Gasteiger partial charge in [-0.05, 0) is 42.8 Å². The normalized spacial score (nSPS) is 11.3. The van der Waals surface area contributed by atoms with Crippen LogP contribution in [0.15, 0.2) is 41.3 Å². The predicted octanol–water partition coefficient (Wildman–Crippen LogP) is 4.73. The Morgan fingerprint density at radius 2 is 1.85 bits per heavy atom. The molecule has 2 aromatic carbocycles. The molecule has 2 rings (SSSR count). The van der Waals surface area contributed by atoms with Crippen molar-refractivity contribution >= 4 is 50.6 Å². The summed E-state index contributed by atoms with van der Waals surface area (Å²) in [6, 6.07) is 8.35. The Kier molecular flexibility index (Phi) is 6.97. The van der Waals surface area contributed by atoms with Gasteiger partial charge in [0.25, 0.3) is 10.0 Å². The van der Waals surface area contributed by atoms with Gasteiger partial charge in [-0.2, -0.15) is 0 Å². The lowest BCUT2D eigenvalue weighted by Gasteiger charge is -2.21. The van der Waals surface area contributed by atoms with E-state index in [1.165, 1.54) is 30.3 Å². The molecule has 6 nitrogen and oxygen atoms in total. The highest BCUT2D eigenvalue weighted by atomic mass is 35.5. The molecule has 0 unspecified atom stereocenters. The van der Waals surface area contributed by atoms with Crippen LogP contribution in [-0.2, 0) is 10.0 Å². The van der Waals surface area contributed by atoms with E-state index in [9.17, 15) is 18.3 Å². The van der Waals surface area contributed by atoms with Crippen LogP contribution in [0.4, 0.5) is 11.4 Å². The molecule has 2 aromatic rings. The molecule has 0 aliphatic carbocycles. The smallest absolute Gasteiger partial charge is 0.337 e. The lowest BCUT2D eigenvalue weighted by atomic mass is 10.1. The van der Waals surface area contributed by atoms with Crippen molar-refractivity contribution in [1.29, 1.82) is 0 Å². The number of nitrogens with zero attached hydrogens (tertiary/aromatic N) is 1. The molecule has 0 radical (unpaired) electrons. The highest BCUT2D eigenvalue weighted by Crippen LogP contribution is 2.28. The van der Waals surface area contributed by atoms with Crippen molar-refractivity contribution in [3.05, 3.63) is 52.0 Å². The van der Waals surface area contributed by atoms with Crippen LogP contribution in [0, 0.1) is 0 Å². The molecule has 0 amide bonds. The first-order valence-corrected chi connectivity index (χ1v) is 10.5. The number of hydrogen-bond acceptors (Lipinski definition) is 4. The quantitative estimate of drug-likeness (QED) is 0.631. The fourth-order valence-corrected chi connectivity index (χ4v) is 3.92.